The minimum absolute atomic E-state index is 0.0110. The van der Waals surface area contributed by atoms with Crippen LogP contribution in [0.5, 0.6) is 0 Å². The molecule has 0 bridgehead atoms. The summed E-state index contributed by atoms with van der Waals surface area (Å²) in [7, 11) is -3.01. The number of nitrogens with one attached hydrogen (secondary N) is 14. The van der Waals surface area contributed by atoms with Crippen molar-refractivity contribution in [2.75, 3.05) is 139 Å². The van der Waals surface area contributed by atoms with Crippen LogP contribution in [0.3, 0.4) is 0 Å². The summed E-state index contributed by atoms with van der Waals surface area (Å²) in [5, 5.41) is 82.2. The molecule has 8 saturated heterocycles. The molecule has 0 saturated carbocycles. The average molecular weight is 2050 g/mol. The lowest BCUT2D eigenvalue weighted by molar-refractivity contribution is -1.12. The minimum atomic E-state index is -3.01. The van der Waals surface area contributed by atoms with Crippen molar-refractivity contribution in [2.24, 2.45) is 5.92 Å². The summed E-state index contributed by atoms with van der Waals surface area (Å²) in [5.41, 5.74) is 14.0. The molecular formula is C98H118Cl4F4N28O7S+2. The number of aromatic nitrogens is 14. The van der Waals surface area contributed by atoms with Gasteiger partial charge in [0.15, 0.2) is 50.6 Å². The van der Waals surface area contributed by atoms with Gasteiger partial charge in [-0.15, -0.1) is 0 Å². The van der Waals surface area contributed by atoms with E-state index in [1.54, 1.807) is 48.5 Å². The average Bonchev–Trinajstić information content (AvgIpc) is 0.775. The molecule has 2 amide bonds. The number of amides is 2. The van der Waals surface area contributed by atoms with E-state index in [1.165, 1.54) is 24.7 Å². The molecule has 8 aliphatic rings. The van der Waals surface area contributed by atoms with Crippen LogP contribution in [0.1, 0.15) is 162 Å². The Morgan fingerprint density at radius 3 is 1.09 bits per heavy atom. The molecular weight excluding hydrogens is 1930 g/mol. The number of benzene rings is 5. The van der Waals surface area contributed by atoms with Gasteiger partial charge in [-0.25, -0.2) is 51.3 Å². The molecule has 7 aromatic heterocycles. The Balaban J connectivity index is 0.000000130. The highest BCUT2D eigenvalue weighted by molar-refractivity contribution is 7.92. The number of hydrogen-bond acceptors (Lipinski definition) is 27. The van der Waals surface area contributed by atoms with Crippen molar-refractivity contribution in [3.05, 3.63) is 220 Å². The van der Waals surface area contributed by atoms with Gasteiger partial charge in [0.1, 0.15) is 88.1 Å². The highest BCUT2D eigenvalue weighted by Crippen LogP contribution is 2.44. The van der Waals surface area contributed by atoms with E-state index in [1.807, 2.05) is 102 Å². The number of nitrogens with zero attached hydrogens (tertiary/aromatic N) is 14. The van der Waals surface area contributed by atoms with Crippen LogP contribution in [-0.4, -0.2) is 235 Å². The van der Waals surface area contributed by atoms with Gasteiger partial charge in [0.2, 0.25) is 29.7 Å². The number of likely N-dealkylation sites (tertiary alicyclic amines) is 4. The number of rotatable bonds is 24. The van der Waals surface area contributed by atoms with E-state index in [4.69, 9.17) is 51.1 Å². The topological polar surface area (TPSA) is 437 Å². The molecule has 12 aromatic rings. The molecule has 142 heavy (non-hydrogen) atoms. The fraction of sp³-hybridized carbons (Fsp3) is 0.429. The number of anilines is 16. The van der Waals surface area contributed by atoms with Gasteiger partial charge in [-0.05, 0) is 229 Å². The third-order valence-corrected chi connectivity index (χ3v) is 30.9. The van der Waals surface area contributed by atoms with Gasteiger partial charge in [0, 0.05) is 131 Å². The monoisotopic (exact) mass is 2050 g/mol. The molecule has 35 nitrogen and oxygen atoms in total. The Morgan fingerprint density at radius 1 is 0.415 bits per heavy atom. The van der Waals surface area contributed by atoms with Crippen LogP contribution < -0.4 is 53.2 Å². The first-order valence-corrected chi connectivity index (χ1v) is 51.2. The van der Waals surface area contributed by atoms with E-state index in [9.17, 15) is 28.4 Å². The maximum atomic E-state index is 15.2. The quantitative estimate of drug-likeness (QED) is 0.0197. The van der Waals surface area contributed by atoms with Crippen LogP contribution in [0.15, 0.2) is 110 Å². The van der Waals surface area contributed by atoms with E-state index in [0.29, 0.717) is 155 Å². The molecule has 5 aromatic carbocycles. The van der Waals surface area contributed by atoms with Crippen LogP contribution in [0.25, 0.3) is 0 Å². The van der Waals surface area contributed by atoms with Gasteiger partial charge in [-0.3, -0.25) is 30.0 Å². The van der Waals surface area contributed by atoms with E-state index < -0.39 is 15.7 Å². The third kappa shape index (κ3) is 24.6. The molecule has 44 heteroatoms. The fourth-order valence-corrected chi connectivity index (χ4v) is 22.0. The summed E-state index contributed by atoms with van der Waals surface area (Å²) < 4.78 is 89.1. The summed E-state index contributed by atoms with van der Waals surface area (Å²) in [6, 6.07) is 26.2. The van der Waals surface area contributed by atoms with Gasteiger partial charge in [-0.1, -0.05) is 46.4 Å². The number of aryl methyl sites for hydroxylation is 8. The first kappa shape index (κ1) is 102. The number of H-pyrrole nitrogens is 4. The van der Waals surface area contributed by atoms with Gasteiger partial charge in [0.25, 0.3) is 0 Å². The molecule has 20 rings (SSSR count). The summed E-state index contributed by atoms with van der Waals surface area (Å²) in [6.45, 7) is 24.5. The second kappa shape index (κ2) is 44.1. The summed E-state index contributed by atoms with van der Waals surface area (Å²) >= 11 is 25.0. The maximum Gasteiger partial charge on any atom is 0.239 e. The number of carbonyl (C=O) groups is 2. The predicted molar refractivity (Wildman–Crippen MR) is 540 cm³/mol. The largest absolute Gasteiger partial charge is 0.381 e. The Bertz CT molecular complexity index is 6470. The van der Waals surface area contributed by atoms with Gasteiger partial charge < -0.3 is 67.7 Å². The lowest BCUT2D eigenvalue weighted by Crippen LogP contribution is -2.65. The summed E-state index contributed by atoms with van der Waals surface area (Å²) in [5.74, 6) is 3.94. The second-order valence-electron chi connectivity index (χ2n) is 38.2. The van der Waals surface area contributed by atoms with E-state index in [0.717, 1.165) is 158 Å². The number of halogens is 8. The number of sulfone groups is 1. The Kier molecular flexibility index (Phi) is 31.5. The SMILES string of the molecule is Cc1cc(Nc2cc(Nc3cc(C)c(C4CCN(C(=O)[C@@H]5CCN5)CC4)cc3F)ccc2Cl)n[nH]1.Cc1cc(Nc2nc(Nc3cc(C)c(C4CCN(C(=O)C5CNC5)CC4)cc3F)ncc2Cl)n[nH]1.Cc1cc(Nc2nc(Nc3cc(C)c(C4CC[N+](O)(C5CCOCC5)CC4)cc3F)ncc2Cl)n[nH]1.Cc1cc(Nc2nc(Nc3cc(C)c(C4CC[N+](O)(C5CS(=O)(=O)C5)CC4)cc3F)ncc2Cl)n[nH]1. The first-order chi connectivity index (χ1) is 68.1. The maximum absolute atomic E-state index is 15.2. The van der Waals surface area contributed by atoms with Crippen molar-refractivity contribution < 1.29 is 60.0 Å². The lowest BCUT2D eigenvalue weighted by Gasteiger charge is -2.45. The van der Waals surface area contributed by atoms with Crippen LogP contribution in [-0.2, 0) is 24.2 Å². The summed E-state index contributed by atoms with van der Waals surface area (Å²) in [6.07, 6.45) is 13.4. The van der Waals surface area contributed by atoms with E-state index >= 15 is 17.6 Å². The smallest absolute Gasteiger partial charge is 0.239 e. The number of aromatic amines is 4. The Hall–Kier alpha value is -11.9. The zero-order valence-electron chi connectivity index (χ0n) is 80.0. The third-order valence-electron chi connectivity index (χ3n) is 28.0. The summed E-state index contributed by atoms with van der Waals surface area (Å²) in [4.78, 5) is 54.6. The van der Waals surface area contributed by atoms with Crippen LogP contribution >= 0.6 is 46.4 Å². The normalized spacial score (nSPS) is 20.5. The molecule has 8 fully saturated rings. The van der Waals surface area contributed by atoms with Crippen molar-refractivity contribution in [3.63, 3.8) is 0 Å². The number of hydrogen-bond donors (Lipinski definition) is 16. The van der Waals surface area contributed by atoms with E-state index in [-0.39, 0.29) is 121 Å². The van der Waals surface area contributed by atoms with Crippen LogP contribution in [0.2, 0.25) is 20.1 Å². The first-order valence-electron chi connectivity index (χ1n) is 47.9. The molecule has 16 N–H and O–H groups in total. The van der Waals surface area contributed by atoms with Crippen molar-refractivity contribution in [1.82, 2.24) is 91.1 Å². The Morgan fingerprint density at radius 2 is 0.761 bits per heavy atom. The van der Waals surface area contributed by atoms with Gasteiger partial charge in [0.05, 0.1) is 77.2 Å². The number of piperidine rings is 4. The zero-order valence-corrected chi connectivity index (χ0v) is 83.9. The lowest BCUT2D eigenvalue weighted by atomic mass is 9.85. The molecule has 0 unspecified atom stereocenters. The number of carbonyl (C=O) groups excluding carboxylic acids is 2. The van der Waals surface area contributed by atoms with Gasteiger partial charge in [-0.2, -0.15) is 44.6 Å². The molecule has 0 spiro atoms. The molecule has 1 atom stereocenters. The highest BCUT2D eigenvalue weighted by atomic mass is 35.5. The van der Waals surface area contributed by atoms with Crippen LogP contribution in [0, 0.1) is 84.6 Å². The number of hydroxylamine groups is 6. The fourth-order valence-electron chi connectivity index (χ4n) is 19.7. The molecule has 752 valence electrons. The predicted octanol–water partition coefficient (Wildman–Crippen LogP) is 18.7. The molecule has 15 heterocycles. The van der Waals surface area contributed by atoms with Crippen molar-refractivity contribution in [3.8, 4) is 0 Å². The van der Waals surface area contributed by atoms with Gasteiger partial charge >= 0.3 is 0 Å². The molecule has 0 aliphatic carbocycles. The standard InChI is InChI=1S/C26H30ClFN6O.C25H32ClFN7O2.C24H28ClFN8O.C23H28ClFN7O3S/c1-15-11-24(30-18-3-4-20(27)23(13-18)31-25-12-16(2)32-33-25)21(28)14-19(15)17-6-9-34(10-7-17)26(35)22-5-8-29-22;1-15-11-22(29-25-28-14-20(26)24(31-25)30-23-12-16(2)32-33-23)21(27)13-19(15)17-3-7-34(35,8-4-17)18-5-9-36-10-6-18;1-13-7-20(29-24-28-12-18(25)22(31-24)30-21-8-14(2)32-33-21)19(26)9-17(13)15-3-5-34(6-4-15)23(35)16-10-27-11-16;1-13-7-20(27-23-26-10-18(24)22(29-23)28-21-8-14(2)30-31-21)19(25)9-17(13)15-3-5-32(33,6-4-15)16-11-36(34,35)12-16/h3-4,11-14,17,22,29-30H,5-10H2,1-2H3,(H2,31,32,33);11-14,17-18,35H,3-10H2,1-2H3,(H3,28,29,30,31,32,33);7-9,12,15-16,27H,3-6,10-11H2,1-2H3,(H3,28,29,30,31,32,33);7-10,15-16,33H,3-6,11-12H2,1-2H3,(H3,26,27,28,29,30,31)/q;+1;;+1/t22-;;;/m0.../s1. The van der Waals surface area contributed by atoms with Crippen molar-refractivity contribution in [2.45, 2.75) is 168 Å². The second-order valence-corrected chi connectivity index (χ2v) is 42.0. The molecule has 0 radical (unpaired) electrons. The van der Waals surface area contributed by atoms with Crippen molar-refractivity contribution >= 4 is 161 Å². The van der Waals surface area contributed by atoms with E-state index in [2.05, 4.69) is 124 Å². The van der Waals surface area contributed by atoms with Crippen molar-refractivity contribution in [1.29, 1.82) is 0 Å². The Labute approximate surface area is 839 Å². The number of ether oxygens (including phenoxy) is 1. The molecule has 8 aliphatic heterocycles. The zero-order chi connectivity index (χ0) is 100. The minimum Gasteiger partial charge on any atom is -0.381 e. The van der Waals surface area contributed by atoms with Crippen LogP contribution in [0.4, 0.5) is 110 Å². The number of quaternary nitrogens is 2. The highest BCUT2D eigenvalue weighted by Gasteiger charge is 2.51.